The number of hydrogen-bond acceptors (Lipinski definition) is 14. The molecule has 3 aromatic carbocycles. The topological polar surface area (TPSA) is 278 Å². The second kappa shape index (κ2) is 29.5. The summed E-state index contributed by atoms with van der Waals surface area (Å²) in [5, 5.41) is 48.8. The molecule has 0 unspecified atom stereocenters. The van der Waals surface area contributed by atoms with Crippen LogP contribution in [0, 0.1) is 23.2 Å². The molecule has 0 radical (unpaired) electrons. The van der Waals surface area contributed by atoms with Gasteiger partial charge in [0.25, 0.3) is 11.8 Å². The molecule has 21 nitrogen and oxygen atoms in total. The van der Waals surface area contributed by atoms with Crippen molar-refractivity contribution in [2.45, 2.75) is 56.5 Å². The number of nitrogens with one attached hydrogen (secondary N) is 3. The summed E-state index contributed by atoms with van der Waals surface area (Å²) < 4.78 is 34.1. The van der Waals surface area contributed by atoms with Gasteiger partial charge in [-0.25, -0.2) is 8.78 Å². The van der Waals surface area contributed by atoms with Crippen molar-refractivity contribution in [2.75, 3.05) is 105 Å². The smallest absolute Gasteiger partial charge is 0.317 e. The Balaban J connectivity index is 0.909. The van der Waals surface area contributed by atoms with E-state index < -0.39 is 67.2 Å². The summed E-state index contributed by atoms with van der Waals surface area (Å²) in [5.74, 6) is -7.55. The van der Waals surface area contributed by atoms with Gasteiger partial charge in [0.15, 0.2) is 0 Å². The van der Waals surface area contributed by atoms with Gasteiger partial charge in [-0.05, 0) is 78.1 Å². The Labute approximate surface area is 468 Å². The number of hydrogen-bond donors (Lipinski definition) is 6. The summed E-state index contributed by atoms with van der Waals surface area (Å²) in [7, 11) is 0. The lowest BCUT2D eigenvalue weighted by atomic mass is 9.81. The quantitative estimate of drug-likeness (QED) is 0.0658. The average molecular weight is 1120 g/mol. The van der Waals surface area contributed by atoms with Gasteiger partial charge in [-0.2, -0.15) is 5.26 Å². The Hall–Kier alpha value is -7.91. The molecule has 3 heterocycles. The number of pyridine rings is 1. The van der Waals surface area contributed by atoms with Gasteiger partial charge in [-0.15, -0.1) is 0 Å². The first-order valence-electron chi connectivity index (χ1n) is 27.2. The molecule has 432 valence electrons. The van der Waals surface area contributed by atoms with Crippen LogP contribution >= 0.6 is 0 Å². The number of carbonyl (C=O) groups excluding carboxylic acids is 4. The number of likely N-dealkylation sites (tertiary alicyclic amines) is 1. The molecule has 4 aromatic rings. The van der Waals surface area contributed by atoms with Gasteiger partial charge in [-0.1, -0.05) is 66.7 Å². The van der Waals surface area contributed by atoms with Crippen molar-refractivity contribution in [3.63, 3.8) is 0 Å². The normalized spacial score (nSPS) is 20.1. The van der Waals surface area contributed by atoms with E-state index >= 15 is 0 Å². The molecule has 81 heavy (non-hydrogen) atoms. The van der Waals surface area contributed by atoms with E-state index in [4.69, 9.17) is 4.74 Å². The first kappa shape index (κ1) is 60.7. The molecule has 2 atom stereocenters. The zero-order valence-corrected chi connectivity index (χ0v) is 45.1. The highest BCUT2D eigenvalue weighted by atomic mass is 19.3. The van der Waals surface area contributed by atoms with Crippen molar-refractivity contribution >= 4 is 64.5 Å². The maximum atomic E-state index is 14.0. The Morgan fingerprint density at radius 2 is 1.33 bits per heavy atom. The number of halogens is 2. The van der Waals surface area contributed by atoms with Crippen LogP contribution in [-0.2, 0) is 35.2 Å². The molecule has 0 bridgehead atoms. The molecule has 6 N–H and O–H groups in total. The third kappa shape index (κ3) is 19.4. The summed E-state index contributed by atoms with van der Waals surface area (Å²) in [4.78, 5) is 100. The van der Waals surface area contributed by atoms with Crippen LogP contribution in [-0.4, -0.2) is 209 Å². The predicted molar refractivity (Wildman–Crippen MR) is 295 cm³/mol. The van der Waals surface area contributed by atoms with Gasteiger partial charge < -0.3 is 40.9 Å². The number of benzene rings is 3. The molecular formula is C58H70F2N10O11. The van der Waals surface area contributed by atoms with Crippen LogP contribution in [0.5, 0.6) is 5.75 Å². The third-order valence-electron chi connectivity index (χ3n) is 14.8. The number of fused-ring (bicyclic) bond motifs is 1. The number of aromatic nitrogens is 1. The highest BCUT2D eigenvalue weighted by Crippen LogP contribution is 2.32. The van der Waals surface area contributed by atoms with Crippen LogP contribution in [0.4, 0.5) is 8.78 Å². The largest absolute Gasteiger partial charge is 0.491 e. The standard InChI is InChI=1S/C58H70F2N10O11/c59-58(60)29-48(30-61)70(39-58)52(72)33-64-57(80)50-17-18-62-32-46(50)14-5-40-9-15-49(16-10-40)81-38-47(28-42-8-11-43-3-1-2-4-45(43)27-42)65-56(79)44-12-6-41(7-13-44)31-63-51(71)34-66-19-21-67(35-53(73)74)23-25-69(37-55(77)78)26-24-68(22-20-66)36-54(75)76/h1-5,8-11,14-18,27,32,41,44,47-48H,6-7,12-13,19-26,28-29,31,33-39H2,(H,63,71)(H,64,80)(H,65,79)(H,73,74)(H,75,76)(H,77,78)/b14-5+/t41?,44?,47-,48-/m0/s1. The van der Waals surface area contributed by atoms with Crippen LogP contribution in [0.25, 0.3) is 22.9 Å². The number of aliphatic carboxylic acids is 3. The molecule has 0 spiro atoms. The lowest BCUT2D eigenvalue weighted by Crippen LogP contribution is -2.50. The fourth-order valence-electron chi connectivity index (χ4n) is 10.4. The summed E-state index contributed by atoms with van der Waals surface area (Å²) in [6, 6.07) is 23.0. The number of carboxylic acids is 3. The second-order valence-electron chi connectivity index (χ2n) is 21.0. The summed E-state index contributed by atoms with van der Waals surface area (Å²) in [5.41, 5.74) is 2.42. The molecule has 23 heteroatoms. The summed E-state index contributed by atoms with van der Waals surface area (Å²) in [6.45, 7) is 0.702. The van der Waals surface area contributed by atoms with Crippen LogP contribution in [0.15, 0.2) is 85.2 Å². The van der Waals surface area contributed by atoms with Crippen LogP contribution < -0.4 is 20.7 Å². The number of carboxylic acid groups (broad SMARTS) is 3. The van der Waals surface area contributed by atoms with E-state index in [0.29, 0.717) is 76.1 Å². The molecule has 4 amide bonds. The summed E-state index contributed by atoms with van der Waals surface area (Å²) >= 11 is 0. The van der Waals surface area contributed by atoms with Crippen molar-refractivity contribution in [3.05, 3.63) is 107 Å². The molecular weight excluding hydrogens is 1050 g/mol. The lowest BCUT2D eigenvalue weighted by molar-refractivity contribution is -0.140. The maximum absolute atomic E-state index is 14.0. The molecule has 1 saturated carbocycles. The predicted octanol–water partition coefficient (Wildman–Crippen LogP) is 3.40. The van der Waals surface area contributed by atoms with E-state index in [9.17, 15) is 62.9 Å². The third-order valence-corrected chi connectivity index (χ3v) is 14.8. The molecule has 3 fully saturated rings. The van der Waals surface area contributed by atoms with Crippen LogP contribution in [0.3, 0.4) is 0 Å². The van der Waals surface area contributed by atoms with Crippen molar-refractivity contribution in [3.8, 4) is 11.8 Å². The van der Waals surface area contributed by atoms with Crippen molar-refractivity contribution in [1.29, 1.82) is 5.26 Å². The Morgan fingerprint density at radius 3 is 1.93 bits per heavy atom. The Kier molecular flexibility index (Phi) is 22.1. The number of nitriles is 1. The zero-order chi connectivity index (χ0) is 57.9. The van der Waals surface area contributed by atoms with Crippen molar-refractivity contribution in [2.24, 2.45) is 11.8 Å². The minimum Gasteiger partial charge on any atom is -0.491 e. The van der Waals surface area contributed by atoms with Gasteiger partial charge in [0, 0.05) is 94.8 Å². The highest BCUT2D eigenvalue weighted by molar-refractivity contribution is 6.00. The molecule has 2 aliphatic heterocycles. The Morgan fingerprint density at radius 1 is 0.741 bits per heavy atom. The number of rotatable bonds is 22. The van der Waals surface area contributed by atoms with Gasteiger partial charge in [-0.3, -0.25) is 58.1 Å². The van der Waals surface area contributed by atoms with Gasteiger partial charge in [0.05, 0.1) is 51.4 Å². The number of nitrogens with zero attached hydrogens (tertiary/aromatic N) is 7. The van der Waals surface area contributed by atoms with Crippen molar-refractivity contribution < 1.29 is 62.4 Å². The van der Waals surface area contributed by atoms with Crippen molar-refractivity contribution in [1.82, 2.24) is 45.4 Å². The first-order chi connectivity index (χ1) is 38.9. The monoisotopic (exact) mass is 1120 g/mol. The van der Waals surface area contributed by atoms with E-state index in [1.54, 1.807) is 45.1 Å². The van der Waals surface area contributed by atoms with Gasteiger partial charge >= 0.3 is 17.9 Å². The fraction of sp³-hybridized carbons (Fsp3) is 0.466. The Bertz CT molecular complexity index is 2880. The fourth-order valence-corrected chi connectivity index (χ4v) is 10.4. The van der Waals surface area contributed by atoms with E-state index in [1.807, 2.05) is 47.4 Å². The van der Waals surface area contributed by atoms with Crippen LogP contribution in [0.2, 0.25) is 0 Å². The number of alkyl halides is 2. The number of amides is 4. The number of ether oxygens (including phenoxy) is 1. The minimum absolute atomic E-state index is 0.0118. The lowest BCUT2D eigenvalue weighted by Gasteiger charge is -2.33. The zero-order valence-electron chi connectivity index (χ0n) is 45.1. The minimum atomic E-state index is -3.18. The van der Waals surface area contributed by atoms with E-state index in [1.165, 1.54) is 18.5 Å². The maximum Gasteiger partial charge on any atom is 0.317 e. The van der Waals surface area contributed by atoms with E-state index in [0.717, 1.165) is 26.8 Å². The summed E-state index contributed by atoms with van der Waals surface area (Å²) in [6.07, 6.45) is 8.76. The van der Waals surface area contributed by atoms with E-state index in [-0.39, 0.29) is 88.2 Å². The van der Waals surface area contributed by atoms with Crippen LogP contribution in [0.1, 0.15) is 59.2 Å². The van der Waals surface area contributed by atoms with Gasteiger partial charge in [0.1, 0.15) is 18.4 Å². The first-order valence-corrected chi connectivity index (χ1v) is 27.2. The molecule has 3 aliphatic rings. The highest BCUT2D eigenvalue weighted by Gasteiger charge is 2.47. The van der Waals surface area contributed by atoms with Gasteiger partial charge in [0.2, 0.25) is 17.7 Å². The SMILES string of the molecule is N#C[C@@H]1CC(F)(F)CN1C(=O)CNC(=O)c1ccncc1/C=C/c1ccc(OC[C@H](Cc2ccc3ccccc3c2)NC(=O)C2CCC(CNC(=O)CN3CCN(CC(=O)O)CCN(CC(=O)O)CCN(CC(=O)O)CC3)CC2)cc1. The molecule has 1 aromatic heterocycles. The molecule has 7 rings (SSSR count). The number of carbonyl (C=O) groups is 7. The second-order valence-corrected chi connectivity index (χ2v) is 21.0. The molecule has 2 saturated heterocycles. The average Bonchev–Trinajstić information content (AvgIpc) is 4.00. The molecule has 1 aliphatic carbocycles. The van der Waals surface area contributed by atoms with E-state index in [2.05, 4.69) is 33.1 Å².